The Morgan fingerprint density at radius 2 is 2.10 bits per heavy atom. The van der Waals surface area contributed by atoms with E-state index in [1.807, 2.05) is 0 Å². The second kappa shape index (κ2) is 11.8. The summed E-state index contributed by atoms with van der Waals surface area (Å²) in [6, 6.07) is 2.64. The van der Waals surface area contributed by atoms with Crippen LogP contribution in [0.15, 0.2) is 18.2 Å². The SMILES string of the molecule is CC(C)[C@H](NC(=O)c1ccc([N+](=O)[O-])cc1Cl)C(=O)OCCCO[C@@H]1CCCCO1. The van der Waals surface area contributed by atoms with E-state index in [0.717, 1.165) is 25.3 Å². The summed E-state index contributed by atoms with van der Waals surface area (Å²) in [4.78, 5) is 35.1. The number of amides is 1. The molecule has 166 valence electrons. The van der Waals surface area contributed by atoms with Crippen LogP contribution in [0, 0.1) is 16.0 Å². The van der Waals surface area contributed by atoms with Crippen LogP contribution < -0.4 is 5.32 Å². The third-order valence-corrected chi connectivity index (χ3v) is 4.90. The lowest BCUT2D eigenvalue weighted by molar-refractivity contribution is -0.384. The molecule has 1 heterocycles. The van der Waals surface area contributed by atoms with E-state index in [9.17, 15) is 19.7 Å². The van der Waals surface area contributed by atoms with Gasteiger partial charge in [-0.3, -0.25) is 14.9 Å². The Kier molecular flexibility index (Phi) is 9.48. The number of ether oxygens (including phenoxy) is 3. The molecule has 0 bridgehead atoms. The van der Waals surface area contributed by atoms with Gasteiger partial charge in [-0.05, 0) is 31.2 Å². The maximum atomic E-state index is 12.5. The highest BCUT2D eigenvalue weighted by molar-refractivity contribution is 6.34. The van der Waals surface area contributed by atoms with Crippen molar-refractivity contribution in [3.63, 3.8) is 0 Å². The number of non-ortho nitro benzene ring substituents is 1. The van der Waals surface area contributed by atoms with Gasteiger partial charge in [-0.25, -0.2) is 4.79 Å². The molecule has 30 heavy (non-hydrogen) atoms. The van der Waals surface area contributed by atoms with Crippen LogP contribution in [-0.4, -0.2) is 49.0 Å². The summed E-state index contributed by atoms with van der Waals surface area (Å²) in [5.41, 5.74) is -0.182. The average molecular weight is 443 g/mol. The lowest BCUT2D eigenvalue weighted by atomic mass is 10.0. The molecule has 1 amide bonds. The molecule has 9 nitrogen and oxygen atoms in total. The Bertz CT molecular complexity index is 751. The highest BCUT2D eigenvalue weighted by Gasteiger charge is 2.27. The highest BCUT2D eigenvalue weighted by atomic mass is 35.5. The van der Waals surface area contributed by atoms with Gasteiger partial charge in [0.2, 0.25) is 0 Å². The molecule has 1 fully saturated rings. The molecule has 1 aromatic carbocycles. The predicted molar refractivity (Wildman–Crippen MR) is 109 cm³/mol. The van der Waals surface area contributed by atoms with Crippen molar-refractivity contribution in [2.45, 2.75) is 51.9 Å². The Hall–Kier alpha value is -2.23. The van der Waals surface area contributed by atoms with Crippen LogP contribution in [-0.2, 0) is 19.0 Å². The number of nitrogens with one attached hydrogen (secondary N) is 1. The van der Waals surface area contributed by atoms with Crippen molar-refractivity contribution in [2.24, 2.45) is 5.92 Å². The summed E-state index contributed by atoms with van der Waals surface area (Å²) in [5, 5.41) is 13.3. The summed E-state index contributed by atoms with van der Waals surface area (Å²) in [6.07, 6.45) is 3.31. The number of hydrogen-bond acceptors (Lipinski definition) is 7. The second-order valence-electron chi connectivity index (χ2n) is 7.30. The molecule has 0 saturated carbocycles. The number of carbonyl (C=O) groups excluding carboxylic acids is 2. The van der Waals surface area contributed by atoms with Crippen molar-refractivity contribution in [1.29, 1.82) is 0 Å². The molecule has 1 N–H and O–H groups in total. The van der Waals surface area contributed by atoms with E-state index >= 15 is 0 Å². The average Bonchev–Trinajstić information content (AvgIpc) is 2.71. The largest absolute Gasteiger partial charge is 0.464 e. The number of halogens is 1. The molecule has 2 rings (SSSR count). The zero-order valence-electron chi connectivity index (χ0n) is 17.1. The van der Waals surface area contributed by atoms with Crippen molar-refractivity contribution in [2.75, 3.05) is 19.8 Å². The fraction of sp³-hybridized carbons (Fsp3) is 0.600. The van der Waals surface area contributed by atoms with Crippen molar-refractivity contribution < 1.29 is 28.7 Å². The Labute approximate surface area is 180 Å². The molecule has 1 aromatic rings. The fourth-order valence-corrected chi connectivity index (χ4v) is 3.16. The number of esters is 1. The highest BCUT2D eigenvalue weighted by Crippen LogP contribution is 2.23. The fourth-order valence-electron chi connectivity index (χ4n) is 2.90. The Morgan fingerprint density at radius 1 is 1.33 bits per heavy atom. The van der Waals surface area contributed by atoms with E-state index in [0.29, 0.717) is 19.6 Å². The maximum absolute atomic E-state index is 12.5. The first-order chi connectivity index (χ1) is 14.3. The van der Waals surface area contributed by atoms with Crippen LogP contribution in [0.5, 0.6) is 0 Å². The first-order valence-electron chi connectivity index (χ1n) is 9.94. The van der Waals surface area contributed by atoms with Gasteiger partial charge < -0.3 is 19.5 Å². The van der Waals surface area contributed by atoms with E-state index in [1.54, 1.807) is 13.8 Å². The number of rotatable bonds is 10. The lowest BCUT2D eigenvalue weighted by Crippen LogP contribution is -2.45. The summed E-state index contributed by atoms with van der Waals surface area (Å²) in [6.45, 7) is 4.81. The summed E-state index contributed by atoms with van der Waals surface area (Å²) < 4.78 is 16.3. The minimum Gasteiger partial charge on any atom is -0.464 e. The van der Waals surface area contributed by atoms with Crippen molar-refractivity contribution in [3.05, 3.63) is 38.9 Å². The van der Waals surface area contributed by atoms with Gasteiger partial charge >= 0.3 is 5.97 Å². The van der Waals surface area contributed by atoms with E-state index in [-0.39, 0.29) is 35.1 Å². The number of carbonyl (C=O) groups is 2. The summed E-state index contributed by atoms with van der Waals surface area (Å²) in [7, 11) is 0. The smallest absolute Gasteiger partial charge is 0.328 e. The van der Waals surface area contributed by atoms with Gasteiger partial charge in [0.1, 0.15) is 6.04 Å². The van der Waals surface area contributed by atoms with Crippen LogP contribution in [0.1, 0.15) is 49.9 Å². The number of nitro groups is 1. The summed E-state index contributed by atoms with van der Waals surface area (Å²) >= 11 is 5.99. The molecular formula is C20H27ClN2O7. The monoisotopic (exact) mass is 442 g/mol. The van der Waals surface area contributed by atoms with Gasteiger partial charge in [0.15, 0.2) is 6.29 Å². The van der Waals surface area contributed by atoms with Crippen LogP contribution in [0.4, 0.5) is 5.69 Å². The number of nitro benzene ring substituents is 1. The number of hydrogen-bond donors (Lipinski definition) is 1. The standard InChI is InChI=1S/C20H27ClN2O7/c1-13(2)18(20(25)30-11-5-10-29-17-6-3-4-9-28-17)22-19(24)15-8-7-14(23(26)27)12-16(15)21/h7-8,12-13,17-18H,3-6,9-11H2,1-2H3,(H,22,24)/t17-,18+/m1/s1. The molecule has 1 aliphatic heterocycles. The second-order valence-corrected chi connectivity index (χ2v) is 7.71. The molecule has 0 unspecified atom stereocenters. The van der Waals surface area contributed by atoms with E-state index < -0.39 is 22.8 Å². The Balaban J connectivity index is 1.83. The maximum Gasteiger partial charge on any atom is 0.328 e. The van der Waals surface area contributed by atoms with Crippen LogP contribution in [0.25, 0.3) is 0 Å². The number of benzene rings is 1. The zero-order chi connectivity index (χ0) is 22.1. The van der Waals surface area contributed by atoms with Gasteiger partial charge in [-0.1, -0.05) is 25.4 Å². The van der Waals surface area contributed by atoms with Crippen molar-refractivity contribution in [3.8, 4) is 0 Å². The molecule has 0 radical (unpaired) electrons. The molecule has 1 aliphatic rings. The Morgan fingerprint density at radius 3 is 2.70 bits per heavy atom. The first-order valence-corrected chi connectivity index (χ1v) is 10.3. The molecule has 0 aliphatic carbocycles. The first kappa shape index (κ1) is 24.0. The third kappa shape index (κ3) is 7.23. The van der Waals surface area contributed by atoms with Crippen LogP contribution in [0.3, 0.4) is 0 Å². The van der Waals surface area contributed by atoms with Crippen LogP contribution in [0.2, 0.25) is 5.02 Å². The minimum absolute atomic E-state index is 0.0431. The molecule has 0 spiro atoms. The van der Waals surface area contributed by atoms with Crippen molar-refractivity contribution >= 4 is 29.2 Å². The number of nitrogens with zero attached hydrogens (tertiary/aromatic N) is 1. The molecule has 0 aromatic heterocycles. The molecular weight excluding hydrogens is 416 g/mol. The quantitative estimate of drug-likeness (QED) is 0.255. The zero-order valence-corrected chi connectivity index (χ0v) is 17.9. The third-order valence-electron chi connectivity index (χ3n) is 4.59. The van der Waals surface area contributed by atoms with E-state index in [4.69, 9.17) is 25.8 Å². The topological polar surface area (TPSA) is 117 Å². The normalized spacial score (nSPS) is 17.4. The van der Waals surface area contributed by atoms with Gasteiger partial charge in [0.05, 0.1) is 28.7 Å². The molecule has 10 heteroatoms. The lowest BCUT2D eigenvalue weighted by Gasteiger charge is -2.23. The minimum atomic E-state index is -0.883. The van der Waals surface area contributed by atoms with E-state index in [1.165, 1.54) is 12.1 Å². The van der Waals surface area contributed by atoms with E-state index in [2.05, 4.69) is 5.32 Å². The van der Waals surface area contributed by atoms with Crippen LogP contribution >= 0.6 is 11.6 Å². The van der Waals surface area contributed by atoms with Gasteiger partial charge in [-0.2, -0.15) is 0 Å². The van der Waals surface area contributed by atoms with Crippen molar-refractivity contribution in [1.82, 2.24) is 5.32 Å². The summed E-state index contributed by atoms with van der Waals surface area (Å²) in [5.74, 6) is -1.40. The van der Waals surface area contributed by atoms with Gasteiger partial charge in [0.25, 0.3) is 11.6 Å². The van der Waals surface area contributed by atoms with Gasteiger partial charge in [0, 0.05) is 25.2 Å². The molecule has 1 saturated heterocycles. The molecule has 2 atom stereocenters. The predicted octanol–water partition coefficient (Wildman–Crippen LogP) is 3.48. The van der Waals surface area contributed by atoms with Gasteiger partial charge in [-0.15, -0.1) is 0 Å².